The second-order valence-corrected chi connectivity index (χ2v) is 10.8. The van der Waals surface area contributed by atoms with Crippen LogP contribution in [0.3, 0.4) is 0 Å². The lowest BCUT2D eigenvalue weighted by Crippen LogP contribution is -2.41. The van der Waals surface area contributed by atoms with Crippen molar-refractivity contribution in [3.05, 3.63) is 108 Å². The minimum atomic E-state index is -5.37. The minimum Gasteiger partial charge on any atom is -0.386 e. The third kappa shape index (κ3) is 10.1. The number of fused-ring (bicyclic) bond motifs is 1. The highest BCUT2D eigenvalue weighted by atomic mass is 19.4. The van der Waals surface area contributed by atoms with Crippen LogP contribution in [0.25, 0.3) is 21.9 Å². The van der Waals surface area contributed by atoms with Crippen molar-refractivity contribution in [3.8, 4) is 11.1 Å². The number of carbonyl (C=O) groups excluding carboxylic acids is 5. The maximum Gasteiger partial charge on any atom is 0.491 e. The minimum absolute atomic E-state index is 0.0307. The number of amides is 4. The van der Waals surface area contributed by atoms with Gasteiger partial charge in [0, 0.05) is 13.0 Å². The molecule has 0 aliphatic heterocycles. The van der Waals surface area contributed by atoms with Gasteiger partial charge < -0.3 is 26.0 Å². The molecule has 0 fully saturated rings. The second-order valence-electron chi connectivity index (χ2n) is 10.8. The van der Waals surface area contributed by atoms with Crippen LogP contribution in [0.15, 0.2) is 97.1 Å². The van der Waals surface area contributed by atoms with Crippen molar-refractivity contribution >= 4 is 40.6 Å². The lowest BCUT2D eigenvalue weighted by molar-refractivity contribution is -0.202. The molecule has 10 nitrogen and oxygen atoms in total. The van der Waals surface area contributed by atoms with E-state index in [0.29, 0.717) is 5.56 Å². The molecule has 0 aliphatic rings. The number of rotatable bonds is 12. The quantitative estimate of drug-likeness (QED) is 0.121. The van der Waals surface area contributed by atoms with Crippen LogP contribution in [-0.4, -0.2) is 49.0 Å². The van der Waals surface area contributed by atoms with Gasteiger partial charge in [-0.05, 0) is 39.9 Å². The molecule has 0 bridgehead atoms. The maximum absolute atomic E-state index is 12.7. The molecule has 48 heavy (non-hydrogen) atoms. The van der Waals surface area contributed by atoms with Crippen molar-refractivity contribution in [2.45, 2.75) is 38.0 Å². The Balaban J connectivity index is 1.28. The van der Waals surface area contributed by atoms with Crippen LogP contribution in [0.1, 0.15) is 43.0 Å². The van der Waals surface area contributed by atoms with E-state index in [1.165, 1.54) is 0 Å². The Kier molecular flexibility index (Phi) is 11.9. The van der Waals surface area contributed by atoms with Gasteiger partial charge in [0.1, 0.15) is 0 Å². The molecule has 4 amide bonds. The summed E-state index contributed by atoms with van der Waals surface area (Å²) in [6.07, 6.45) is -6.32. The predicted octanol–water partition coefficient (Wildman–Crippen LogP) is 5.25. The van der Waals surface area contributed by atoms with Crippen LogP contribution in [0.5, 0.6) is 0 Å². The van der Waals surface area contributed by atoms with Crippen molar-refractivity contribution in [1.29, 1.82) is 0 Å². The topological polar surface area (TPSA) is 143 Å². The molecule has 0 radical (unpaired) electrons. The number of hydrogen-bond acceptors (Lipinski definition) is 6. The summed E-state index contributed by atoms with van der Waals surface area (Å²) < 4.78 is 41.7. The van der Waals surface area contributed by atoms with E-state index in [4.69, 9.17) is 0 Å². The summed E-state index contributed by atoms with van der Waals surface area (Å²) in [5.74, 6) is -5.50. The summed E-state index contributed by atoms with van der Waals surface area (Å²) in [4.78, 5) is 60.9. The van der Waals surface area contributed by atoms with Crippen LogP contribution in [-0.2, 0) is 23.9 Å². The summed E-state index contributed by atoms with van der Waals surface area (Å²) >= 11 is 0. The van der Waals surface area contributed by atoms with Gasteiger partial charge in [-0.25, -0.2) is 9.59 Å². The summed E-state index contributed by atoms with van der Waals surface area (Å²) in [6, 6.07) is 27.4. The molecule has 4 aromatic rings. The summed E-state index contributed by atoms with van der Waals surface area (Å²) in [5, 5.41) is 12.3. The molecule has 4 N–H and O–H groups in total. The number of hydrogen-bond donors (Lipinski definition) is 4. The SMILES string of the molecule is C[C@@H](NC(=O)NCCC(=O)NCC(=O)NC(CC(=O)OC(=O)C(F)(F)F)c1ccc(-c2ccccc2)cc1)c1cccc2ccccc12. The van der Waals surface area contributed by atoms with Crippen LogP contribution in [0, 0.1) is 0 Å². The molecule has 1 unspecified atom stereocenters. The lowest BCUT2D eigenvalue weighted by Gasteiger charge is -2.19. The van der Waals surface area contributed by atoms with E-state index < -0.39 is 55.0 Å². The summed E-state index contributed by atoms with van der Waals surface area (Å²) in [7, 11) is 0. The Hall–Kier alpha value is -5.72. The number of ether oxygens (including phenoxy) is 1. The normalized spacial score (nSPS) is 12.3. The van der Waals surface area contributed by atoms with E-state index in [2.05, 4.69) is 26.0 Å². The van der Waals surface area contributed by atoms with Gasteiger partial charge >= 0.3 is 24.1 Å². The van der Waals surface area contributed by atoms with Gasteiger partial charge in [0.05, 0.1) is 25.0 Å². The van der Waals surface area contributed by atoms with Crippen molar-refractivity contribution in [2.24, 2.45) is 0 Å². The van der Waals surface area contributed by atoms with Crippen molar-refractivity contribution < 1.29 is 41.9 Å². The molecule has 4 rings (SSSR count). The fraction of sp³-hybridized carbons (Fsp3) is 0.229. The van der Waals surface area contributed by atoms with Crippen molar-refractivity contribution in [3.63, 3.8) is 0 Å². The number of urea groups is 1. The third-order valence-electron chi connectivity index (χ3n) is 7.29. The first kappa shape index (κ1) is 35.1. The number of benzene rings is 4. The Morgan fingerprint density at radius 3 is 2.08 bits per heavy atom. The van der Waals surface area contributed by atoms with Crippen LogP contribution >= 0.6 is 0 Å². The highest BCUT2D eigenvalue weighted by Gasteiger charge is 2.42. The average molecular weight is 663 g/mol. The van der Waals surface area contributed by atoms with Crippen molar-refractivity contribution in [2.75, 3.05) is 13.1 Å². The van der Waals surface area contributed by atoms with Gasteiger partial charge in [0.25, 0.3) is 0 Å². The number of alkyl halides is 3. The van der Waals surface area contributed by atoms with Crippen molar-refractivity contribution in [1.82, 2.24) is 21.3 Å². The van der Waals surface area contributed by atoms with Crippen LogP contribution < -0.4 is 21.3 Å². The van der Waals surface area contributed by atoms with Gasteiger partial charge in [0.15, 0.2) is 0 Å². The molecule has 0 aliphatic carbocycles. The highest BCUT2D eigenvalue weighted by Crippen LogP contribution is 2.26. The molecule has 0 heterocycles. The Bertz CT molecular complexity index is 1760. The molecule has 2 atom stereocenters. The molecular formula is C35H33F3N4O6. The summed E-state index contributed by atoms with van der Waals surface area (Å²) in [5.41, 5.74) is 2.96. The number of nitrogens with one attached hydrogen (secondary N) is 4. The van der Waals surface area contributed by atoms with Crippen LogP contribution in [0.2, 0.25) is 0 Å². The zero-order valence-corrected chi connectivity index (χ0v) is 25.8. The van der Waals surface area contributed by atoms with E-state index in [1.54, 1.807) is 24.3 Å². The smallest absolute Gasteiger partial charge is 0.386 e. The second kappa shape index (κ2) is 16.2. The monoisotopic (exact) mass is 662 g/mol. The van der Waals surface area contributed by atoms with Gasteiger partial charge in [-0.3, -0.25) is 14.4 Å². The molecular weight excluding hydrogens is 629 g/mol. The third-order valence-corrected chi connectivity index (χ3v) is 7.29. The highest BCUT2D eigenvalue weighted by molar-refractivity contribution is 5.90. The zero-order valence-electron chi connectivity index (χ0n) is 25.8. The Morgan fingerprint density at radius 2 is 1.38 bits per heavy atom. The molecule has 250 valence electrons. The van der Waals surface area contributed by atoms with E-state index in [-0.39, 0.29) is 19.0 Å². The first-order valence-corrected chi connectivity index (χ1v) is 15.0. The lowest BCUT2D eigenvalue weighted by atomic mass is 9.99. The van der Waals surface area contributed by atoms with E-state index in [1.807, 2.05) is 79.7 Å². The zero-order chi connectivity index (χ0) is 34.7. The molecule has 13 heteroatoms. The Morgan fingerprint density at radius 1 is 0.729 bits per heavy atom. The number of carbonyl (C=O) groups is 5. The van der Waals surface area contributed by atoms with E-state index in [9.17, 15) is 37.1 Å². The molecule has 0 spiro atoms. The number of halogens is 3. The molecule has 0 saturated carbocycles. The average Bonchev–Trinajstić information content (AvgIpc) is 3.06. The molecule has 0 aromatic heterocycles. The predicted molar refractivity (Wildman–Crippen MR) is 171 cm³/mol. The summed E-state index contributed by atoms with van der Waals surface area (Å²) in [6.45, 7) is 1.28. The standard InChI is InChI=1S/C35H33F3N4O6/c1-22(27-13-7-11-25-10-5-6-12-28(25)27)41-34(47)39-19-18-30(43)40-21-31(44)42-29(20-32(45)48-33(46)35(36,37)38)26-16-14-24(15-17-26)23-8-3-2-4-9-23/h2-17,22,29H,18-21H2,1H3,(H,40,43)(H,42,44)(H2,39,41,47)/t22-,29?/m1/s1. The fourth-order valence-electron chi connectivity index (χ4n) is 4.92. The number of esters is 2. The molecule has 0 saturated heterocycles. The first-order valence-electron chi connectivity index (χ1n) is 15.0. The fourth-order valence-corrected chi connectivity index (χ4v) is 4.92. The van der Waals surface area contributed by atoms with Gasteiger partial charge in [-0.15, -0.1) is 0 Å². The van der Waals surface area contributed by atoms with E-state index in [0.717, 1.165) is 27.5 Å². The maximum atomic E-state index is 12.7. The largest absolute Gasteiger partial charge is 0.491 e. The van der Waals surface area contributed by atoms with Gasteiger partial charge in [-0.1, -0.05) is 97.1 Å². The van der Waals surface area contributed by atoms with Gasteiger partial charge in [-0.2, -0.15) is 13.2 Å². The van der Waals surface area contributed by atoms with Crippen LogP contribution in [0.4, 0.5) is 18.0 Å². The van der Waals surface area contributed by atoms with Gasteiger partial charge in [0.2, 0.25) is 11.8 Å². The molecule has 4 aromatic carbocycles. The van der Waals surface area contributed by atoms with E-state index >= 15 is 0 Å². The Labute approximate surface area is 274 Å². The first-order chi connectivity index (χ1) is 22.9.